The van der Waals surface area contributed by atoms with Crippen LogP contribution in [0.5, 0.6) is 0 Å². The highest BCUT2D eigenvalue weighted by Crippen LogP contribution is 2.55. The van der Waals surface area contributed by atoms with Crippen LogP contribution in [0.15, 0.2) is 0 Å². The van der Waals surface area contributed by atoms with Gasteiger partial charge < -0.3 is 0 Å². The number of hydrogen-bond donors (Lipinski definition) is 0. The molecular formula is C19H38. The largest absolute Gasteiger partial charge is 0.0654 e. The van der Waals surface area contributed by atoms with Gasteiger partial charge in [-0.2, -0.15) is 0 Å². The minimum atomic E-state index is 0.717. The average molecular weight is 267 g/mol. The fourth-order valence-electron chi connectivity index (χ4n) is 3.74. The van der Waals surface area contributed by atoms with Crippen LogP contribution in [0, 0.1) is 23.2 Å². The molecule has 0 bridgehead atoms. The Hall–Kier alpha value is 0. The fourth-order valence-corrected chi connectivity index (χ4v) is 3.74. The normalized spacial score (nSPS) is 20.5. The molecule has 0 aliphatic heterocycles. The van der Waals surface area contributed by atoms with E-state index in [0.717, 1.165) is 23.2 Å². The maximum Gasteiger partial charge on any atom is -0.0267 e. The first-order valence-electron chi connectivity index (χ1n) is 9.04. The van der Waals surface area contributed by atoms with Crippen LogP contribution in [-0.2, 0) is 0 Å². The molecule has 0 saturated heterocycles. The Morgan fingerprint density at radius 1 is 1.00 bits per heavy atom. The lowest BCUT2D eigenvalue weighted by Crippen LogP contribution is -2.27. The van der Waals surface area contributed by atoms with E-state index >= 15 is 0 Å². The van der Waals surface area contributed by atoms with Crippen molar-refractivity contribution in [1.82, 2.24) is 0 Å². The van der Waals surface area contributed by atoms with Gasteiger partial charge in [-0.25, -0.2) is 0 Å². The van der Waals surface area contributed by atoms with Crippen molar-refractivity contribution in [3.8, 4) is 0 Å². The third-order valence-corrected chi connectivity index (χ3v) is 5.39. The number of unbranched alkanes of at least 4 members (excludes halogenated alkanes) is 2. The van der Waals surface area contributed by atoms with Crippen LogP contribution in [0.4, 0.5) is 0 Å². The van der Waals surface area contributed by atoms with Crippen LogP contribution < -0.4 is 0 Å². The van der Waals surface area contributed by atoms with Crippen LogP contribution in [0.2, 0.25) is 0 Å². The van der Waals surface area contributed by atoms with E-state index in [0.29, 0.717) is 0 Å². The molecule has 0 nitrogen and oxygen atoms in total. The van der Waals surface area contributed by atoms with Gasteiger partial charge in [0.25, 0.3) is 0 Å². The standard InChI is InChI=1S/C19H38/c1-6-8-9-13-19(18-10-11-18,14-12-16(3)4)15-17(5)7-2/h16-18H,6-15H2,1-5H3. The Labute approximate surface area is 122 Å². The molecule has 1 saturated carbocycles. The van der Waals surface area contributed by atoms with Gasteiger partial charge in [-0.1, -0.05) is 66.7 Å². The second-order valence-corrected chi connectivity index (χ2v) is 7.74. The molecule has 19 heavy (non-hydrogen) atoms. The zero-order chi connectivity index (χ0) is 14.3. The van der Waals surface area contributed by atoms with E-state index in [4.69, 9.17) is 0 Å². The SMILES string of the molecule is CCCCCC(CCC(C)C)(CC(C)CC)C1CC1. The topological polar surface area (TPSA) is 0 Å². The maximum atomic E-state index is 2.48. The van der Waals surface area contributed by atoms with Gasteiger partial charge in [-0.3, -0.25) is 0 Å². The van der Waals surface area contributed by atoms with Crippen LogP contribution in [0.25, 0.3) is 0 Å². The monoisotopic (exact) mass is 266 g/mol. The van der Waals surface area contributed by atoms with Crippen molar-refractivity contribution < 1.29 is 0 Å². The van der Waals surface area contributed by atoms with Crippen LogP contribution >= 0.6 is 0 Å². The summed E-state index contributed by atoms with van der Waals surface area (Å²) in [5, 5.41) is 0. The summed E-state index contributed by atoms with van der Waals surface area (Å²) >= 11 is 0. The molecule has 0 amide bonds. The van der Waals surface area contributed by atoms with Crippen LogP contribution in [0.1, 0.15) is 98.8 Å². The van der Waals surface area contributed by atoms with Crippen LogP contribution in [0.3, 0.4) is 0 Å². The lowest BCUT2D eigenvalue weighted by molar-refractivity contribution is 0.132. The molecule has 114 valence electrons. The Balaban J connectivity index is 2.64. The maximum absolute atomic E-state index is 2.48. The van der Waals surface area contributed by atoms with E-state index in [2.05, 4.69) is 34.6 Å². The van der Waals surface area contributed by atoms with Gasteiger partial charge in [0.2, 0.25) is 0 Å². The molecule has 1 aliphatic rings. The molecule has 0 radical (unpaired) electrons. The van der Waals surface area contributed by atoms with Gasteiger partial charge in [0.15, 0.2) is 0 Å². The summed E-state index contributed by atoms with van der Waals surface area (Å²) in [6.07, 6.45) is 14.7. The van der Waals surface area contributed by atoms with E-state index in [1.54, 1.807) is 0 Å². The highest BCUT2D eigenvalue weighted by Gasteiger charge is 2.44. The van der Waals surface area contributed by atoms with Gasteiger partial charge in [-0.05, 0) is 55.3 Å². The number of hydrogen-bond acceptors (Lipinski definition) is 0. The zero-order valence-electron chi connectivity index (χ0n) is 14.3. The van der Waals surface area contributed by atoms with Gasteiger partial charge in [-0.15, -0.1) is 0 Å². The summed E-state index contributed by atoms with van der Waals surface area (Å²) < 4.78 is 0. The van der Waals surface area contributed by atoms with Crippen molar-refractivity contribution >= 4 is 0 Å². The molecule has 0 aromatic carbocycles. The molecular weight excluding hydrogens is 228 g/mol. The molecule has 0 aromatic rings. The Morgan fingerprint density at radius 3 is 2.16 bits per heavy atom. The predicted molar refractivity (Wildman–Crippen MR) is 87.4 cm³/mol. The molecule has 1 rings (SSSR count). The molecule has 0 aromatic heterocycles. The van der Waals surface area contributed by atoms with Gasteiger partial charge in [0.05, 0.1) is 0 Å². The summed E-state index contributed by atoms with van der Waals surface area (Å²) in [5.74, 6) is 2.88. The van der Waals surface area contributed by atoms with Crippen molar-refractivity contribution in [2.75, 3.05) is 0 Å². The first-order chi connectivity index (χ1) is 9.04. The molecule has 1 fully saturated rings. The van der Waals surface area contributed by atoms with Gasteiger partial charge in [0.1, 0.15) is 0 Å². The molecule has 0 heteroatoms. The van der Waals surface area contributed by atoms with Gasteiger partial charge in [0, 0.05) is 0 Å². The van der Waals surface area contributed by atoms with Crippen LogP contribution in [-0.4, -0.2) is 0 Å². The molecule has 2 atom stereocenters. The summed E-state index contributed by atoms with van der Waals surface area (Å²) in [7, 11) is 0. The Bertz CT molecular complexity index is 226. The lowest BCUT2D eigenvalue weighted by Gasteiger charge is -2.37. The van der Waals surface area contributed by atoms with E-state index < -0.39 is 0 Å². The van der Waals surface area contributed by atoms with E-state index in [1.165, 1.54) is 64.2 Å². The first-order valence-corrected chi connectivity index (χ1v) is 9.04. The predicted octanol–water partition coefficient (Wildman–Crippen LogP) is 6.84. The minimum Gasteiger partial charge on any atom is -0.0654 e. The van der Waals surface area contributed by atoms with Crippen molar-refractivity contribution in [3.63, 3.8) is 0 Å². The average Bonchev–Trinajstić information content (AvgIpc) is 3.20. The smallest absolute Gasteiger partial charge is 0.0267 e. The van der Waals surface area contributed by atoms with Gasteiger partial charge >= 0.3 is 0 Å². The summed E-state index contributed by atoms with van der Waals surface area (Å²) in [4.78, 5) is 0. The fraction of sp³-hybridized carbons (Fsp3) is 1.00. The molecule has 0 heterocycles. The highest BCUT2D eigenvalue weighted by atomic mass is 14.5. The van der Waals surface area contributed by atoms with Crippen molar-refractivity contribution in [3.05, 3.63) is 0 Å². The zero-order valence-corrected chi connectivity index (χ0v) is 14.3. The molecule has 1 aliphatic carbocycles. The van der Waals surface area contributed by atoms with Crippen molar-refractivity contribution in [1.29, 1.82) is 0 Å². The molecule has 0 spiro atoms. The van der Waals surface area contributed by atoms with Crippen molar-refractivity contribution in [2.24, 2.45) is 23.2 Å². The Kier molecular flexibility index (Phi) is 7.47. The summed E-state index contributed by atoms with van der Waals surface area (Å²) in [5.41, 5.74) is 0.717. The lowest BCUT2D eigenvalue weighted by atomic mass is 9.68. The third-order valence-electron chi connectivity index (χ3n) is 5.39. The second kappa shape index (κ2) is 8.32. The molecule has 0 N–H and O–H groups in total. The quantitative estimate of drug-likeness (QED) is 0.359. The first kappa shape index (κ1) is 17.1. The van der Waals surface area contributed by atoms with E-state index in [9.17, 15) is 0 Å². The van der Waals surface area contributed by atoms with E-state index in [1.807, 2.05) is 0 Å². The third kappa shape index (κ3) is 5.88. The highest BCUT2D eigenvalue weighted by molar-refractivity contribution is 4.95. The minimum absolute atomic E-state index is 0.717. The summed E-state index contributed by atoms with van der Waals surface area (Å²) in [6, 6.07) is 0. The van der Waals surface area contributed by atoms with Crippen molar-refractivity contribution in [2.45, 2.75) is 98.8 Å². The second-order valence-electron chi connectivity index (χ2n) is 7.74. The Morgan fingerprint density at radius 2 is 1.68 bits per heavy atom. The summed E-state index contributed by atoms with van der Waals surface area (Å²) in [6.45, 7) is 12.0. The molecule has 2 unspecified atom stereocenters. The van der Waals surface area contributed by atoms with E-state index in [-0.39, 0.29) is 0 Å². The number of rotatable bonds is 11.